The molecule has 1 aromatic heterocycles. The number of carbonyl (C=O) groups excluding carboxylic acids is 1. The van der Waals surface area contributed by atoms with Crippen molar-refractivity contribution in [2.45, 2.75) is 13.3 Å². The van der Waals surface area contributed by atoms with E-state index >= 15 is 0 Å². The number of aromatic nitrogens is 1. The fraction of sp³-hybridized carbons (Fsp3) is 0.429. The van der Waals surface area contributed by atoms with Gasteiger partial charge in [0.1, 0.15) is 5.75 Å². The minimum absolute atomic E-state index is 0. The van der Waals surface area contributed by atoms with Gasteiger partial charge in [-0.15, -0.1) is 25.6 Å². The molecular weight excluding hydrogens is 367 g/mol. The van der Waals surface area contributed by atoms with E-state index in [-0.39, 0.29) is 24.1 Å². The largest absolute Gasteiger partial charge is 0.573 e. The zero-order valence-corrected chi connectivity index (χ0v) is 14.9. The van der Waals surface area contributed by atoms with Gasteiger partial charge >= 0.3 is 6.36 Å². The second kappa shape index (κ2) is 8.00. The van der Waals surface area contributed by atoms with E-state index in [4.69, 9.17) is 0 Å². The highest BCUT2D eigenvalue weighted by molar-refractivity contribution is 7.22. The Morgan fingerprint density at radius 1 is 1.29 bits per heavy atom. The molecule has 134 valence electrons. The molecule has 1 heterocycles. The zero-order valence-electron chi connectivity index (χ0n) is 13.3. The van der Waals surface area contributed by atoms with Gasteiger partial charge in [-0.2, -0.15) is 0 Å². The Kier molecular flexibility index (Phi) is 6.82. The van der Waals surface area contributed by atoms with E-state index in [9.17, 15) is 18.0 Å². The predicted molar refractivity (Wildman–Crippen MR) is 90.1 cm³/mol. The van der Waals surface area contributed by atoms with Gasteiger partial charge in [-0.25, -0.2) is 4.98 Å². The maximum absolute atomic E-state index is 12.3. The first-order valence-electron chi connectivity index (χ1n) is 6.75. The summed E-state index contributed by atoms with van der Waals surface area (Å²) in [6, 6.07) is 3.92. The average Bonchev–Trinajstić information content (AvgIpc) is 2.78. The quantitative estimate of drug-likeness (QED) is 0.792. The predicted octanol–water partition coefficient (Wildman–Crippen LogP) is 3.53. The molecule has 0 spiro atoms. The summed E-state index contributed by atoms with van der Waals surface area (Å²) in [4.78, 5) is 19.5. The maximum Gasteiger partial charge on any atom is 0.573 e. The van der Waals surface area contributed by atoms with Crippen molar-refractivity contribution in [2.24, 2.45) is 0 Å². The zero-order chi connectivity index (χ0) is 17.2. The molecule has 10 heteroatoms. The summed E-state index contributed by atoms with van der Waals surface area (Å²) in [5, 5.41) is 0.457. The van der Waals surface area contributed by atoms with E-state index < -0.39 is 6.36 Å². The number of hydrogen-bond donors (Lipinski definition) is 0. The number of nitrogens with zero attached hydrogens (tertiary/aromatic N) is 3. The SMILES string of the molecule is CC(=O)N(CCN(C)C)c1nc2ccc(OC(F)(F)F)cc2s1.Cl. The van der Waals surface area contributed by atoms with Gasteiger partial charge in [-0.3, -0.25) is 9.69 Å². The van der Waals surface area contributed by atoms with Gasteiger partial charge < -0.3 is 9.64 Å². The first kappa shape index (κ1) is 20.5. The summed E-state index contributed by atoms with van der Waals surface area (Å²) in [6.07, 6.45) is -4.74. The molecule has 24 heavy (non-hydrogen) atoms. The number of halogens is 4. The molecule has 0 radical (unpaired) electrons. The molecule has 0 N–H and O–H groups in total. The molecule has 0 aliphatic rings. The summed E-state index contributed by atoms with van der Waals surface area (Å²) < 4.78 is 41.2. The number of carbonyl (C=O) groups is 1. The molecule has 0 aliphatic heterocycles. The van der Waals surface area contributed by atoms with Crippen LogP contribution in [-0.2, 0) is 4.79 Å². The van der Waals surface area contributed by atoms with Crippen LogP contribution < -0.4 is 9.64 Å². The van der Waals surface area contributed by atoms with Crippen molar-refractivity contribution in [3.05, 3.63) is 18.2 Å². The van der Waals surface area contributed by atoms with Crippen molar-refractivity contribution in [3.8, 4) is 5.75 Å². The smallest absolute Gasteiger partial charge is 0.406 e. The Morgan fingerprint density at radius 3 is 2.50 bits per heavy atom. The van der Waals surface area contributed by atoms with Gasteiger partial charge in [0, 0.05) is 26.1 Å². The first-order chi connectivity index (χ1) is 10.7. The van der Waals surface area contributed by atoms with Crippen molar-refractivity contribution < 1.29 is 22.7 Å². The third-order valence-electron chi connectivity index (χ3n) is 2.96. The Morgan fingerprint density at radius 2 is 1.96 bits per heavy atom. The van der Waals surface area contributed by atoms with Crippen LogP contribution in [-0.4, -0.2) is 49.3 Å². The third-order valence-corrected chi connectivity index (χ3v) is 4.01. The normalized spacial score (nSPS) is 11.5. The topological polar surface area (TPSA) is 45.7 Å². The molecule has 5 nitrogen and oxygen atoms in total. The molecule has 0 atom stereocenters. The number of thiazole rings is 1. The van der Waals surface area contributed by atoms with Gasteiger partial charge in [0.05, 0.1) is 10.2 Å². The van der Waals surface area contributed by atoms with Gasteiger partial charge in [-0.05, 0) is 26.2 Å². The van der Waals surface area contributed by atoms with Crippen molar-refractivity contribution in [1.29, 1.82) is 0 Å². The van der Waals surface area contributed by atoms with Crippen molar-refractivity contribution in [1.82, 2.24) is 9.88 Å². The van der Waals surface area contributed by atoms with E-state index in [1.54, 1.807) is 0 Å². The highest BCUT2D eigenvalue weighted by atomic mass is 35.5. The standard InChI is InChI=1S/C14H16F3N3O2S.ClH/c1-9(21)20(7-6-19(2)3)13-18-11-5-4-10(8-12(11)23-13)22-14(15,16)17;/h4-5,8H,6-7H2,1-3H3;1H. The Labute approximate surface area is 147 Å². The molecule has 0 saturated heterocycles. The minimum atomic E-state index is -4.74. The number of rotatable bonds is 5. The second-order valence-electron chi connectivity index (χ2n) is 5.15. The van der Waals surface area contributed by atoms with Gasteiger partial charge in [0.2, 0.25) is 5.91 Å². The van der Waals surface area contributed by atoms with Gasteiger partial charge in [-0.1, -0.05) is 11.3 Å². The summed E-state index contributed by atoms with van der Waals surface area (Å²) in [5.74, 6) is -0.472. The lowest BCUT2D eigenvalue weighted by Crippen LogP contribution is -2.35. The van der Waals surface area contributed by atoms with Crippen LogP contribution in [0.25, 0.3) is 10.2 Å². The monoisotopic (exact) mass is 383 g/mol. The van der Waals surface area contributed by atoms with Crippen LogP contribution in [0.3, 0.4) is 0 Å². The average molecular weight is 384 g/mol. The first-order valence-corrected chi connectivity index (χ1v) is 7.56. The fourth-order valence-electron chi connectivity index (χ4n) is 1.89. The number of fused-ring (bicyclic) bond motifs is 1. The lowest BCUT2D eigenvalue weighted by Gasteiger charge is -2.20. The van der Waals surface area contributed by atoms with Crippen LogP contribution >= 0.6 is 23.7 Å². The lowest BCUT2D eigenvalue weighted by molar-refractivity contribution is -0.274. The molecule has 2 rings (SSSR count). The molecule has 1 aromatic carbocycles. The van der Waals surface area contributed by atoms with E-state index in [0.29, 0.717) is 28.4 Å². The van der Waals surface area contributed by atoms with Gasteiger partial charge in [0.15, 0.2) is 5.13 Å². The van der Waals surface area contributed by atoms with E-state index in [1.807, 2.05) is 19.0 Å². The molecule has 0 fully saturated rings. The Hall–Kier alpha value is -1.58. The fourth-order valence-corrected chi connectivity index (χ4v) is 2.96. The molecule has 0 aliphatic carbocycles. The molecule has 2 aromatic rings. The van der Waals surface area contributed by atoms with Crippen LogP contribution in [0, 0.1) is 0 Å². The molecule has 1 amide bonds. The summed E-state index contributed by atoms with van der Waals surface area (Å²) >= 11 is 1.15. The molecule has 0 unspecified atom stereocenters. The van der Waals surface area contributed by atoms with Crippen molar-refractivity contribution in [3.63, 3.8) is 0 Å². The number of amides is 1. The summed E-state index contributed by atoms with van der Waals surface area (Å²) in [6.45, 7) is 2.53. The second-order valence-corrected chi connectivity index (χ2v) is 6.16. The van der Waals surface area contributed by atoms with E-state index in [0.717, 1.165) is 11.3 Å². The highest BCUT2D eigenvalue weighted by Crippen LogP contribution is 2.33. The number of hydrogen-bond acceptors (Lipinski definition) is 5. The number of ether oxygens (including phenoxy) is 1. The summed E-state index contributed by atoms with van der Waals surface area (Å²) in [5.41, 5.74) is 0.524. The number of likely N-dealkylation sites (N-methyl/N-ethyl adjacent to an activating group) is 1. The molecule has 0 bridgehead atoms. The van der Waals surface area contributed by atoms with E-state index in [2.05, 4.69) is 9.72 Å². The van der Waals surface area contributed by atoms with Crippen LogP contribution in [0.5, 0.6) is 5.75 Å². The number of anilines is 1. The van der Waals surface area contributed by atoms with Crippen molar-refractivity contribution in [2.75, 3.05) is 32.1 Å². The summed E-state index contributed by atoms with van der Waals surface area (Å²) in [7, 11) is 3.77. The Bertz CT molecular complexity index is 706. The minimum Gasteiger partial charge on any atom is -0.406 e. The lowest BCUT2D eigenvalue weighted by atomic mass is 10.3. The van der Waals surface area contributed by atoms with Crippen LogP contribution in [0.15, 0.2) is 18.2 Å². The molecule has 0 saturated carbocycles. The van der Waals surface area contributed by atoms with Crippen LogP contribution in [0.2, 0.25) is 0 Å². The number of alkyl halides is 3. The van der Waals surface area contributed by atoms with Crippen LogP contribution in [0.4, 0.5) is 18.3 Å². The Balaban J connectivity index is 0.00000288. The third kappa shape index (κ3) is 5.50. The number of benzene rings is 1. The highest BCUT2D eigenvalue weighted by Gasteiger charge is 2.31. The van der Waals surface area contributed by atoms with E-state index in [1.165, 1.54) is 30.0 Å². The molecular formula is C14H17ClF3N3O2S. The van der Waals surface area contributed by atoms with Crippen LogP contribution in [0.1, 0.15) is 6.92 Å². The maximum atomic E-state index is 12.3. The van der Waals surface area contributed by atoms with Gasteiger partial charge in [0.25, 0.3) is 0 Å². The van der Waals surface area contributed by atoms with Crippen molar-refractivity contribution >= 4 is 45.0 Å².